The smallest absolute Gasteiger partial charge is 0.320 e. The van der Waals surface area contributed by atoms with Crippen molar-refractivity contribution in [3.8, 4) is 0 Å². The minimum Gasteiger partial charge on any atom is -0.460 e. The van der Waals surface area contributed by atoms with Crippen molar-refractivity contribution < 1.29 is 9.53 Å². The third kappa shape index (κ3) is 21.9. The summed E-state index contributed by atoms with van der Waals surface area (Å²) in [6.45, 7) is 13.8. The second-order valence-corrected chi connectivity index (χ2v) is 9.37. The van der Waals surface area contributed by atoms with Gasteiger partial charge in [-0.2, -0.15) is 0 Å². The second-order valence-electron chi connectivity index (χ2n) is 9.37. The molecule has 0 aliphatic carbocycles. The zero-order valence-electron chi connectivity index (χ0n) is 21.6. The highest BCUT2D eigenvalue weighted by Crippen LogP contribution is 2.10. The van der Waals surface area contributed by atoms with Gasteiger partial charge in [0.2, 0.25) is 0 Å². The van der Waals surface area contributed by atoms with E-state index in [0.29, 0.717) is 13.2 Å². The van der Waals surface area contributed by atoms with Gasteiger partial charge in [0.15, 0.2) is 0 Å². The van der Waals surface area contributed by atoms with E-state index >= 15 is 0 Å². The van der Waals surface area contributed by atoms with Crippen LogP contribution in [0.25, 0.3) is 0 Å². The topological polar surface area (TPSA) is 29.5 Å². The lowest BCUT2D eigenvalue weighted by atomic mass is 10.1. The number of nitrogens with zero attached hydrogens (tertiary/aromatic N) is 1. The van der Waals surface area contributed by atoms with Gasteiger partial charge in [-0.25, -0.2) is 0 Å². The summed E-state index contributed by atoms with van der Waals surface area (Å²) in [7, 11) is 0. The predicted octanol–water partition coefficient (Wildman–Crippen LogP) is 8.25. The fourth-order valence-electron chi connectivity index (χ4n) is 3.70. The number of ether oxygens (including phenoxy) is 1. The summed E-state index contributed by atoms with van der Waals surface area (Å²) in [6.07, 6.45) is 21.9. The Balaban J connectivity index is 4.26. The Morgan fingerprint density at radius 2 is 1.26 bits per heavy atom. The Labute approximate surface area is 194 Å². The highest BCUT2D eigenvalue weighted by molar-refractivity contribution is 5.71. The van der Waals surface area contributed by atoms with Gasteiger partial charge in [-0.3, -0.25) is 9.69 Å². The zero-order valence-corrected chi connectivity index (χ0v) is 21.6. The second kappa shape index (κ2) is 22.1. The van der Waals surface area contributed by atoms with E-state index in [4.69, 9.17) is 4.74 Å². The fourth-order valence-corrected chi connectivity index (χ4v) is 3.70. The molecule has 3 heteroatoms. The molecule has 3 nitrogen and oxygen atoms in total. The summed E-state index contributed by atoms with van der Waals surface area (Å²) in [6, 6.07) is 0. The van der Waals surface area contributed by atoms with Crippen molar-refractivity contribution in [2.75, 3.05) is 26.2 Å². The van der Waals surface area contributed by atoms with Crippen LogP contribution < -0.4 is 0 Å². The van der Waals surface area contributed by atoms with Gasteiger partial charge < -0.3 is 4.74 Å². The van der Waals surface area contributed by atoms with Gasteiger partial charge in [0.05, 0.1) is 6.54 Å². The maximum absolute atomic E-state index is 12.4. The first-order chi connectivity index (χ1) is 15.0. The minimum atomic E-state index is -0.0784. The summed E-state index contributed by atoms with van der Waals surface area (Å²) >= 11 is 0. The molecule has 0 unspecified atom stereocenters. The number of hydrogen-bond acceptors (Lipinski definition) is 3. The van der Waals surface area contributed by atoms with Gasteiger partial charge in [-0.1, -0.05) is 95.3 Å². The molecule has 0 saturated heterocycles. The van der Waals surface area contributed by atoms with Crippen LogP contribution in [0.1, 0.15) is 125 Å². The van der Waals surface area contributed by atoms with Crippen molar-refractivity contribution in [2.45, 2.75) is 125 Å². The maximum Gasteiger partial charge on any atom is 0.320 e. The number of esters is 1. The zero-order chi connectivity index (χ0) is 23.2. The van der Waals surface area contributed by atoms with Crippen molar-refractivity contribution >= 4 is 5.97 Å². The molecule has 182 valence electrons. The van der Waals surface area contributed by atoms with Crippen LogP contribution in [-0.2, 0) is 9.53 Å². The van der Waals surface area contributed by atoms with Crippen molar-refractivity contribution in [3.05, 3.63) is 23.3 Å². The highest BCUT2D eigenvalue weighted by atomic mass is 16.5. The van der Waals surface area contributed by atoms with Crippen molar-refractivity contribution in [2.24, 2.45) is 0 Å². The number of carbonyl (C=O) groups excluding carboxylic acids is 1. The van der Waals surface area contributed by atoms with Gasteiger partial charge in [-0.15, -0.1) is 0 Å². The summed E-state index contributed by atoms with van der Waals surface area (Å²) in [4.78, 5) is 14.7. The lowest BCUT2D eigenvalue weighted by Gasteiger charge is -2.21. The molecule has 0 aromatic heterocycles. The van der Waals surface area contributed by atoms with Crippen LogP contribution in [0.4, 0.5) is 0 Å². The molecule has 0 spiro atoms. The Bertz CT molecular complexity index is 461. The van der Waals surface area contributed by atoms with Crippen LogP contribution in [0.3, 0.4) is 0 Å². The minimum absolute atomic E-state index is 0.0784. The predicted molar refractivity (Wildman–Crippen MR) is 137 cm³/mol. The van der Waals surface area contributed by atoms with E-state index in [1.165, 1.54) is 88.2 Å². The molecule has 0 N–H and O–H groups in total. The first-order valence-corrected chi connectivity index (χ1v) is 13.2. The summed E-state index contributed by atoms with van der Waals surface area (Å²) in [5, 5.41) is 0. The van der Waals surface area contributed by atoms with Crippen molar-refractivity contribution in [1.29, 1.82) is 0 Å². The van der Waals surface area contributed by atoms with Gasteiger partial charge in [-0.05, 0) is 65.6 Å². The van der Waals surface area contributed by atoms with Gasteiger partial charge in [0.1, 0.15) is 6.61 Å². The quantitative estimate of drug-likeness (QED) is 0.103. The fraction of sp³-hybridized carbons (Fsp3) is 0.821. The van der Waals surface area contributed by atoms with E-state index in [-0.39, 0.29) is 5.97 Å². The third-order valence-electron chi connectivity index (χ3n) is 5.78. The average molecular weight is 436 g/mol. The summed E-state index contributed by atoms with van der Waals surface area (Å²) in [5.41, 5.74) is 2.65. The average Bonchev–Trinajstić information content (AvgIpc) is 2.72. The first-order valence-electron chi connectivity index (χ1n) is 13.2. The van der Waals surface area contributed by atoms with E-state index < -0.39 is 0 Å². The molecule has 0 fully saturated rings. The SMILES string of the molecule is CCCCCCCCN(CCCCCCCC)CC(=O)OC/C=C(\C)CCC=C(C)C. The number of unbranched alkanes of at least 4 members (excludes halogenated alkanes) is 10. The molecule has 31 heavy (non-hydrogen) atoms. The van der Waals surface area contributed by atoms with Crippen molar-refractivity contribution in [1.82, 2.24) is 4.90 Å². The molecule has 0 aromatic rings. The largest absolute Gasteiger partial charge is 0.460 e. The Hall–Kier alpha value is -1.09. The Morgan fingerprint density at radius 1 is 0.742 bits per heavy atom. The van der Waals surface area contributed by atoms with Crippen LogP contribution in [0.2, 0.25) is 0 Å². The molecule has 0 heterocycles. The summed E-state index contributed by atoms with van der Waals surface area (Å²) < 4.78 is 5.52. The van der Waals surface area contributed by atoms with E-state index in [9.17, 15) is 4.79 Å². The molecule has 0 radical (unpaired) electrons. The highest BCUT2D eigenvalue weighted by Gasteiger charge is 2.11. The molecule has 0 aromatic carbocycles. The molecular weight excluding hydrogens is 382 g/mol. The first kappa shape index (κ1) is 29.9. The number of allylic oxidation sites excluding steroid dienone is 3. The molecule has 0 aliphatic rings. The van der Waals surface area contributed by atoms with Crippen molar-refractivity contribution in [3.63, 3.8) is 0 Å². The Kier molecular flexibility index (Phi) is 21.3. The van der Waals surface area contributed by atoms with Crippen LogP contribution >= 0.6 is 0 Å². The number of hydrogen-bond donors (Lipinski definition) is 0. The molecule has 0 saturated carbocycles. The van der Waals surface area contributed by atoms with Gasteiger partial charge in [0, 0.05) is 0 Å². The molecular formula is C28H53NO2. The number of carbonyl (C=O) groups is 1. The Morgan fingerprint density at radius 3 is 1.77 bits per heavy atom. The molecule has 0 rings (SSSR count). The normalized spacial score (nSPS) is 11.7. The molecule has 0 bridgehead atoms. The molecule has 0 aliphatic heterocycles. The third-order valence-corrected chi connectivity index (χ3v) is 5.78. The van der Waals surface area contributed by atoms with Gasteiger partial charge in [0.25, 0.3) is 0 Å². The van der Waals surface area contributed by atoms with E-state index in [2.05, 4.69) is 51.7 Å². The standard InChI is InChI=1S/C28H53NO2/c1-6-8-10-12-14-16-22-29(23-17-15-13-11-9-7-2)25-28(30)31-24-21-27(5)20-18-19-26(3)4/h19,21H,6-18,20,22-25H2,1-5H3/b27-21+. The van der Waals surface area contributed by atoms with E-state index in [1.54, 1.807) is 0 Å². The lowest BCUT2D eigenvalue weighted by molar-refractivity contribution is -0.143. The molecule has 0 amide bonds. The van der Waals surface area contributed by atoms with Crippen LogP contribution in [0.5, 0.6) is 0 Å². The van der Waals surface area contributed by atoms with E-state index in [0.717, 1.165) is 25.9 Å². The van der Waals surface area contributed by atoms with Crippen LogP contribution in [0, 0.1) is 0 Å². The summed E-state index contributed by atoms with van der Waals surface area (Å²) in [5.74, 6) is -0.0784. The number of rotatable bonds is 21. The lowest BCUT2D eigenvalue weighted by Crippen LogP contribution is -2.33. The van der Waals surface area contributed by atoms with E-state index in [1.807, 2.05) is 0 Å². The monoisotopic (exact) mass is 435 g/mol. The van der Waals surface area contributed by atoms with Crippen LogP contribution in [0.15, 0.2) is 23.3 Å². The molecule has 0 atom stereocenters. The maximum atomic E-state index is 12.4. The van der Waals surface area contributed by atoms with Crippen LogP contribution in [-0.4, -0.2) is 37.1 Å². The van der Waals surface area contributed by atoms with Gasteiger partial charge >= 0.3 is 5.97 Å².